The molecular weight excluding hydrogens is 196 g/mol. The fraction of sp³-hybridized carbons (Fsp3) is 0.833. The first-order valence-corrected chi connectivity index (χ1v) is 5.77. The van der Waals surface area contributed by atoms with Crippen molar-refractivity contribution < 1.29 is 4.74 Å². The molecular formula is C12H19ClO. The van der Waals surface area contributed by atoms with Crippen LogP contribution in [0.5, 0.6) is 0 Å². The topological polar surface area (TPSA) is 9.23 Å². The van der Waals surface area contributed by atoms with Gasteiger partial charge in [-0.25, -0.2) is 0 Å². The van der Waals surface area contributed by atoms with Crippen molar-refractivity contribution in [1.29, 1.82) is 0 Å². The molecule has 1 fully saturated rings. The Labute approximate surface area is 91.5 Å². The molecule has 1 aliphatic carbocycles. The van der Waals surface area contributed by atoms with Crippen LogP contribution in [-0.4, -0.2) is 5.60 Å². The second kappa shape index (κ2) is 2.91. The fourth-order valence-corrected chi connectivity index (χ4v) is 3.17. The molecule has 2 heteroatoms. The van der Waals surface area contributed by atoms with E-state index < -0.39 is 0 Å². The SMILES string of the molecule is CC1=C(Cl)C2CC(C)(CCC2(C)C)O1. The number of halogens is 1. The van der Waals surface area contributed by atoms with Crippen LogP contribution in [-0.2, 0) is 4.74 Å². The predicted octanol–water partition coefficient (Wildman–Crippen LogP) is 4.07. The average molecular weight is 215 g/mol. The van der Waals surface area contributed by atoms with Gasteiger partial charge in [-0.2, -0.15) is 0 Å². The highest BCUT2D eigenvalue weighted by molar-refractivity contribution is 6.30. The van der Waals surface area contributed by atoms with Crippen LogP contribution in [0.25, 0.3) is 0 Å². The van der Waals surface area contributed by atoms with Crippen molar-refractivity contribution in [1.82, 2.24) is 0 Å². The van der Waals surface area contributed by atoms with Gasteiger partial charge in [0.25, 0.3) is 0 Å². The van der Waals surface area contributed by atoms with Crippen LogP contribution in [0.2, 0.25) is 0 Å². The van der Waals surface area contributed by atoms with Crippen molar-refractivity contribution in [2.75, 3.05) is 0 Å². The van der Waals surface area contributed by atoms with Gasteiger partial charge in [0.05, 0.1) is 5.03 Å². The standard InChI is InChI=1S/C12H19ClO/c1-8-10(13)9-7-12(4,14-8)6-5-11(9,2)3/h9H,5-7H2,1-4H3. The molecule has 2 aliphatic rings. The minimum Gasteiger partial charge on any atom is -0.491 e. The van der Waals surface area contributed by atoms with Crippen LogP contribution in [0.15, 0.2) is 10.8 Å². The minimum atomic E-state index is 0.0443. The van der Waals surface area contributed by atoms with E-state index in [-0.39, 0.29) is 5.60 Å². The van der Waals surface area contributed by atoms with E-state index in [1.807, 2.05) is 6.92 Å². The zero-order chi connectivity index (χ0) is 10.6. The first-order chi connectivity index (χ1) is 6.34. The molecule has 0 aromatic rings. The molecule has 1 saturated carbocycles. The molecule has 1 heterocycles. The van der Waals surface area contributed by atoms with E-state index in [1.165, 1.54) is 6.42 Å². The summed E-state index contributed by atoms with van der Waals surface area (Å²) in [5, 5.41) is 0.951. The Morgan fingerprint density at radius 2 is 1.93 bits per heavy atom. The molecule has 0 aromatic heterocycles. The van der Waals surface area contributed by atoms with Gasteiger partial charge in [-0.15, -0.1) is 0 Å². The maximum atomic E-state index is 6.33. The van der Waals surface area contributed by atoms with Gasteiger partial charge in [0, 0.05) is 5.92 Å². The normalized spacial score (nSPS) is 40.8. The van der Waals surface area contributed by atoms with Crippen molar-refractivity contribution in [2.24, 2.45) is 11.3 Å². The van der Waals surface area contributed by atoms with Gasteiger partial charge in [0.1, 0.15) is 11.4 Å². The second-order valence-corrected chi connectivity index (χ2v) is 6.11. The van der Waals surface area contributed by atoms with Gasteiger partial charge >= 0.3 is 0 Å². The smallest absolute Gasteiger partial charge is 0.108 e. The van der Waals surface area contributed by atoms with Crippen LogP contribution < -0.4 is 0 Å². The maximum absolute atomic E-state index is 6.33. The van der Waals surface area contributed by atoms with Crippen molar-refractivity contribution in [3.05, 3.63) is 10.8 Å². The van der Waals surface area contributed by atoms with E-state index in [2.05, 4.69) is 20.8 Å². The molecule has 14 heavy (non-hydrogen) atoms. The van der Waals surface area contributed by atoms with Crippen LogP contribution in [0.3, 0.4) is 0 Å². The third-order valence-corrected chi connectivity index (χ3v) is 4.45. The predicted molar refractivity (Wildman–Crippen MR) is 59.2 cm³/mol. The Morgan fingerprint density at radius 1 is 1.29 bits per heavy atom. The molecule has 1 aliphatic heterocycles. The number of ether oxygens (including phenoxy) is 1. The number of allylic oxidation sites excluding steroid dienone is 2. The van der Waals surface area contributed by atoms with Gasteiger partial charge in [-0.1, -0.05) is 25.4 Å². The van der Waals surface area contributed by atoms with E-state index in [4.69, 9.17) is 16.3 Å². The zero-order valence-corrected chi connectivity index (χ0v) is 10.2. The molecule has 2 unspecified atom stereocenters. The molecule has 0 saturated heterocycles. The van der Waals surface area contributed by atoms with Crippen LogP contribution in [0.4, 0.5) is 0 Å². The summed E-state index contributed by atoms with van der Waals surface area (Å²) in [6.07, 6.45) is 3.44. The molecule has 0 radical (unpaired) electrons. The lowest BCUT2D eigenvalue weighted by atomic mass is 9.63. The summed E-state index contributed by atoms with van der Waals surface area (Å²) in [7, 11) is 0. The molecule has 1 nitrogen and oxygen atoms in total. The highest BCUT2D eigenvalue weighted by Gasteiger charge is 2.48. The lowest BCUT2D eigenvalue weighted by Gasteiger charge is -2.50. The summed E-state index contributed by atoms with van der Waals surface area (Å²) in [6, 6.07) is 0. The third kappa shape index (κ3) is 1.46. The molecule has 0 aromatic carbocycles. The monoisotopic (exact) mass is 214 g/mol. The first kappa shape index (κ1) is 10.4. The van der Waals surface area contributed by atoms with E-state index >= 15 is 0 Å². The van der Waals surface area contributed by atoms with E-state index in [0.717, 1.165) is 23.6 Å². The van der Waals surface area contributed by atoms with Crippen molar-refractivity contribution >= 4 is 11.6 Å². The van der Waals surface area contributed by atoms with Gasteiger partial charge in [0.15, 0.2) is 0 Å². The quantitative estimate of drug-likeness (QED) is 0.591. The number of hydrogen-bond donors (Lipinski definition) is 0. The van der Waals surface area contributed by atoms with Crippen molar-refractivity contribution in [2.45, 2.75) is 52.6 Å². The molecule has 0 N–H and O–H groups in total. The summed E-state index contributed by atoms with van der Waals surface area (Å²) in [5.74, 6) is 1.44. The summed E-state index contributed by atoms with van der Waals surface area (Å²) in [4.78, 5) is 0. The van der Waals surface area contributed by atoms with E-state index in [9.17, 15) is 0 Å². The van der Waals surface area contributed by atoms with E-state index in [1.54, 1.807) is 0 Å². The van der Waals surface area contributed by atoms with Crippen LogP contribution in [0.1, 0.15) is 47.0 Å². The summed E-state index contributed by atoms with van der Waals surface area (Å²) >= 11 is 6.33. The first-order valence-electron chi connectivity index (χ1n) is 5.39. The number of fused-ring (bicyclic) bond motifs is 2. The summed E-state index contributed by atoms with van der Waals surface area (Å²) < 4.78 is 5.90. The molecule has 0 spiro atoms. The van der Waals surface area contributed by atoms with Crippen molar-refractivity contribution in [3.63, 3.8) is 0 Å². The number of rotatable bonds is 0. The van der Waals surface area contributed by atoms with Gasteiger partial charge in [0.2, 0.25) is 0 Å². The maximum Gasteiger partial charge on any atom is 0.108 e. The van der Waals surface area contributed by atoms with Gasteiger partial charge in [-0.3, -0.25) is 0 Å². The minimum absolute atomic E-state index is 0.0443. The Morgan fingerprint density at radius 3 is 2.57 bits per heavy atom. The number of hydrogen-bond acceptors (Lipinski definition) is 1. The molecule has 80 valence electrons. The fourth-order valence-electron chi connectivity index (χ4n) is 2.76. The van der Waals surface area contributed by atoms with Crippen molar-refractivity contribution in [3.8, 4) is 0 Å². The van der Waals surface area contributed by atoms with Crippen LogP contribution in [0, 0.1) is 11.3 Å². The Bertz CT molecular complexity index is 293. The Kier molecular flexibility index (Phi) is 2.15. The second-order valence-electron chi connectivity index (χ2n) is 5.70. The third-order valence-electron chi connectivity index (χ3n) is 3.92. The Hall–Kier alpha value is -0.170. The lowest BCUT2D eigenvalue weighted by molar-refractivity contribution is -0.0764. The lowest BCUT2D eigenvalue weighted by Crippen LogP contribution is -2.46. The largest absolute Gasteiger partial charge is 0.491 e. The molecule has 2 rings (SSSR count). The summed E-state index contributed by atoms with van der Waals surface area (Å²) in [6.45, 7) is 8.84. The molecule has 2 atom stereocenters. The van der Waals surface area contributed by atoms with Gasteiger partial charge < -0.3 is 4.74 Å². The summed E-state index contributed by atoms with van der Waals surface area (Å²) in [5.41, 5.74) is 0.379. The molecule has 2 bridgehead atoms. The highest BCUT2D eigenvalue weighted by Crippen LogP contribution is 2.54. The highest BCUT2D eigenvalue weighted by atomic mass is 35.5. The van der Waals surface area contributed by atoms with Gasteiger partial charge in [-0.05, 0) is 38.5 Å². The molecule has 0 amide bonds. The van der Waals surface area contributed by atoms with Crippen LogP contribution >= 0.6 is 11.6 Å². The van der Waals surface area contributed by atoms with E-state index in [0.29, 0.717) is 11.3 Å². The zero-order valence-electron chi connectivity index (χ0n) is 9.48. The Balaban J connectivity index is 2.40. The average Bonchev–Trinajstić information content (AvgIpc) is 2.07.